The highest BCUT2D eigenvalue weighted by Crippen LogP contribution is 2.35. The lowest BCUT2D eigenvalue weighted by molar-refractivity contribution is 0.0946. The van der Waals surface area contributed by atoms with E-state index in [1.807, 2.05) is 24.3 Å². The van der Waals surface area contributed by atoms with Crippen LogP contribution >= 0.6 is 0 Å². The van der Waals surface area contributed by atoms with Crippen molar-refractivity contribution in [2.75, 3.05) is 11.4 Å². The molecule has 0 saturated heterocycles. The van der Waals surface area contributed by atoms with E-state index >= 15 is 0 Å². The Kier molecular flexibility index (Phi) is 6.16. The van der Waals surface area contributed by atoms with Crippen molar-refractivity contribution in [3.63, 3.8) is 0 Å². The van der Waals surface area contributed by atoms with Crippen LogP contribution in [0.15, 0.2) is 67.3 Å². The van der Waals surface area contributed by atoms with E-state index < -0.39 is 0 Å². The van der Waals surface area contributed by atoms with Gasteiger partial charge >= 0.3 is 0 Å². The summed E-state index contributed by atoms with van der Waals surface area (Å²) in [5, 5.41) is 4.15. The molecule has 0 bridgehead atoms. The molecule has 178 valence electrons. The van der Waals surface area contributed by atoms with E-state index in [9.17, 15) is 4.79 Å². The molecule has 0 radical (unpaired) electrons. The summed E-state index contributed by atoms with van der Waals surface area (Å²) in [7, 11) is 0. The van der Waals surface area contributed by atoms with Crippen LogP contribution in [-0.2, 0) is 26.1 Å². The summed E-state index contributed by atoms with van der Waals surface area (Å²) in [6.07, 6.45) is 2.88. The first-order chi connectivity index (χ1) is 17.0. The molecule has 0 unspecified atom stereocenters. The Morgan fingerprint density at radius 2 is 1.83 bits per heavy atom. The molecule has 1 N–H and O–H groups in total. The van der Waals surface area contributed by atoms with E-state index in [2.05, 4.69) is 78.5 Å². The summed E-state index contributed by atoms with van der Waals surface area (Å²) in [6.45, 7) is 13.1. The van der Waals surface area contributed by atoms with Gasteiger partial charge in [-0.05, 0) is 55.5 Å². The molecular formula is C30H32N4O. The third-order valence-electron chi connectivity index (χ3n) is 7.14. The lowest BCUT2D eigenvalue weighted by atomic mass is 10.00. The Hall–Kier alpha value is -3.86. The number of rotatable bonds is 6. The van der Waals surface area contributed by atoms with E-state index in [1.54, 1.807) is 0 Å². The number of hydrogen-bond donors (Lipinski definition) is 1. The number of nitrogens with zero attached hydrogens (tertiary/aromatic N) is 3. The number of hydrogen-bond acceptors (Lipinski definition) is 3. The van der Waals surface area contributed by atoms with Gasteiger partial charge in [0.15, 0.2) is 5.82 Å². The number of anilines is 1. The Morgan fingerprint density at radius 1 is 1.09 bits per heavy atom. The number of allylic oxidation sites excluding steroid dienone is 1. The number of amides is 1. The van der Waals surface area contributed by atoms with Crippen LogP contribution in [0, 0.1) is 20.8 Å². The first-order valence-corrected chi connectivity index (χ1v) is 12.2. The van der Waals surface area contributed by atoms with Gasteiger partial charge in [0, 0.05) is 37.3 Å². The molecule has 0 spiro atoms. The molecule has 0 fully saturated rings. The van der Waals surface area contributed by atoms with Crippen molar-refractivity contribution in [2.45, 2.75) is 46.8 Å². The van der Waals surface area contributed by atoms with Gasteiger partial charge in [0.05, 0.1) is 5.52 Å². The number of pyridine rings is 1. The zero-order valence-electron chi connectivity index (χ0n) is 20.8. The van der Waals surface area contributed by atoms with E-state index in [0.29, 0.717) is 18.8 Å². The summed E-state index contributed by atoms with van der Waals surface area (Å²) in [5.41, 5.74) is 8.87. The van der Waals surface area contributed by atoms with Crippen molar-refractivity contribution < 1.29 is 4.79 Å². The van der Waals surface area contributed by atoms with Crippen LogP contribution < -0.4 is 10.2 Å². The molecule has 0 saturated carbocycles. The molecule has 2 aromatic heterocycles. The standard InChI is InChI=1S/C30H32N4O/c1-5-15-34-22(4)21(3)26-17-27(30(35)31-18-23-12-10-20(2)11-13-23)32-29(28(26)34)33-16-14-24-8-6-7-9-25(24)19-33/h5-13,17H,1,14-16,18-19H2,2-4H3,(H,31,35). The molecule has 4 aromatic rings. The molecule has 5 nitrogen and oxygen atoms in total. The number of fused-ring (bicyclic) bond motifs is 2. The number of aryl methyl sites for hydroxylation is 2. The Balaban J connectivity index is 1.56. The van der Waals surface area contributed by atoms with E-state index in [-0.39, 0.29) is 5.91 Å². The molecule has 1 aliphatic rings. The molecule has 1 amide bonds. The summed E-state index contributed by atoms with van der Waals surface area (Å²) >= 11 is 0. The second-order valence-corrected chi connectivity index (χ2v) is 9.45. The first kappa shape index (κ1) is 22.9. The molecule has 0 aliphatic carbocycles. The van der Waals surface area contributed by atoms with Crippen molar-refractivity contribution in [3.8, 4) is 0 Å². The number of benzene rings is 2. The molecule has 0 atom stereocenters. The molecule has 5 rings (SSSR count). The smallest absolute Gasteiger partial charge is 0.270 e. The van der Waals surface area contributed by atoms with Crippen LogP contribution in [0.25, 0.3) is 10.9 Å². The van der Waals surface area contributed by atoms with Crippen LogP contribution in [0.3, 0.4) is 0 Å². The minimum absolute atomic E-state index is 0.153. The van der Waals surface area contributed by atoms with Gasteiger partial charge in [0.2, 0.25) is 0 Å². The van der Waals surface area contributed by atoms with Gasteiger partial charge in [0.1, 0.15) is 5.69 Å². The zero-order chi connectivity index (χ0) is 24.5. The van der Waals surface area contributed by atoms with Gasteiger partial charge in [-0.1, -0.05) is 60.2 Å². The topological polar surface area (TPSA) is 50.2 Å². The minimum atomic E-state index is -0.153. The quantitative estimate of drug-likeness (QED) is 0.376. The third-order valence-corrected chi connectivity index (χ3v) is 7.14. The van der Waals surface area contributed by atoms with Gasteiger partial charge in [-0.15, -0.1) is 6.58 Å². The normalized spacial score (nSPS) is 13.1. The Morgan fingerprint density at radius 3 is 2.57 bits per heavy atom. The minimum Gasteiger partial charge on any atom is -0.350 e. The fraction of sp³-hybridized carbons (Fsp3) is 0.267. The van der Waals surface area contributed by atoms with Crippen molar-refractivity contribution in [1.29, 1.82) is 0 Å². The predicted octanol–water partition coefficient (Wildman–Crippen LogP) is 5.64. The predicted molar refractivity (Wildman–Crippen MR) is 143 cm³/mol. The lowest BCUT2D eigenvalue weighted by Gasteiger charge is -2.31. The number of nitrogens with one attached hydrogen (secondary N) is 1. The number of aromatic nitrogens is 2. The van der Waals surface area contributed by atoms with E-state index in [1.165, 1.54) is 27.9 Å². The van der Waals surface area contributed by atoms with Crippen molar-refractivity contribution in [1.82, 2.24) is 14.9 Å². The monoisotopic (exact) mass is 464 g/mol. The lowest BCUT2D eigenvalue weighted by Crippen LogP contribution is -2.32. The Labute approximate surface area is 207 Å². The van der Waals surface area contributed by atoms with Gasteiger partial charge in [-0.2, -0.15) is 0 Å². The highest BCUT2D eigenvalue weighted by molar-refractivity contribution is 6.01. The molecule has 1 aliphatic heterocycles. The molecular weight excluding hydrogens is 432 g/mol. The number of carbonyl (C=O) groups excluding carboxylic acids is 1. The maximum atomic E-state index is 13.3. The SMILES string of the molecule is C=CCn1c(C)c(C)c2cc(C(=O)NCc3ccc(C)cc3)nc(N3CCc4ccccc4C3)c21. The third kappa shape index (κ3) is 4.34. The summed E-state index contributed by atoms with van der Waals surface area (Å²) < 4.78 is 2.27. The van der Waals surface area contributed by atoms with Crippen molar-refractivity contribution in [2.24, 2.45) is 0 Å². The second kappa shape index (κ2) is 9.41. The number of carbonyl (C=O) groups is 1. The van der Waals surface area contributed by atoms with Crippen LogP contribution in [0.2, 0.25) is 0 Å². The van der Waals surface area contributed by atoms with E-state index in [4.69, 9.17) is 4.98 Å². The fourth-order valence-electron chi connectivity index (χ4n) is 4.99. The van der Waals surface area contributed by atoms with Crippen LogP contribution in [0.4, 0.5) is 5.82 Å². The van der Waals surface area contributed by atoms with Crippen LogP contribution in [0.5, 0.6) is 0 Å². The highest BCUT2D eigenvalue weighted by Gasteiger charge is 2.25. The van der Waals surface area contributed by atoms with Crippen molar-refractivity contribution in [3.05, 3.63) is 106 Å². The average molecular weight is 465 g/mol. The first-order valence-electron chi connectivity index (χ1n) is 12.2. The average Bonchev–Trinajstić information content (AvgIpc) is 3.12. The maximum absolute atomic E-state index is 13.3. The van der Waals surface area contributed by atoms with Gasteiger partial charge in [0.25, 0.3) is 5.91 Å². The molecule has 2 aromatic carbocycles. The van der Waals surface area contributed by atoms with Gasteiger partial charge < -0.3 is 14.8 Å². The summed E-state index contributed by atoms with van der Waals surface area (Å²) in [5.74, 6) is 0.718. The van der Waals surface area contributed by atoms with Crippen molar-refractivity contribution >= 4 is 22.6 Å². The van der Waals surface area contributed by atoms with E-state index in [0.717, 1.165) is 41.8 Å². The van der Waals surface area contributed by atoms with Crippen LogP contribution in [0.1, 0.15) is 44.0 Å². The zero-order valence-corrected chi connectivity index (χ0v) is 20.8. The van der Waals surface area contributed by atoms with Gasteiger partial charge in [-0.3, -0.25) is 4.79 Å². The molecule has 5 heteroatoms. The van der Waals surface area contributed by atoms with Crippen LogP contribution in [-0.4, -0.2) is 22.0 Å². The van der Waals surface area contributed by atoms with Gasteiger partial charge in [-0.25, -0.2) is 4.98 Å². The molecule has 35 heavy (non-hydrogen) atoms. The fourth-order valence-corrected chi connectivity index (χ4v) is 4.99. The largest absolute Gasteiger partial charge is 0.350 e. The Bertz CT molecular complexity index is 1410. The summed E-state index contributed by atoms with van der Waals surface area (Å²) in [4.78, 5) is 20.6. The molecule has 3 heterocycles. The maximum Gasteiger partial charge on any atom is 0.270 e. The summed E-state index contributed by atoms with van der Waals surface area (Å²) in [6, 6.07) is 18.8. The highest BCUT2D eigenvalue weighted by atomic mass is 16.1. The second-order valence-electron chi connectivity index (χ2n) is 9.45.